The smallest absolute Gasteiger partial charge is 0.158 e. The van der Waals surface area contributed by atoms with Crippen molar-refractivity contribution < 1.29 is 18.4 Å². The third-order valence-electron chi connectivity index (χ3n) is 3.01. The zero-order chi connectivity index (χ0) is 14.5. The fourth-order valence-electron chi connectivity index (χ4n) is 1.89. The maximum Gasteiger partial charge on any atom is 0.158 e. The van der Waals surface area contributed by atoms with Gasteiger partial charge >= 0.3 is 0 Å². The molecule has 0 aromatic heterocycles. The molecule has 0 amide bonds. The molecular weight excluding hydrogens is 266 g/mol. The van der Waals surface area contributed by atoms with Crippen LogP contribution in [0.15, 0.2) is 29.4 Å². The van der Waals surface area contributed by atoms with Crippen molar-refractivity contribution in [1.29, 1.82) is 0 Å². The molecule has 0 saturated heterocycles. The molecule has 0 saturated carbocycles. The van der Waals surface area contributed by atoms with Gasteiger partial charge in [-0.3, -0.25) is 0 Å². The van der Waals surface area contributed by atoms with E-state index >= 15 is 0 Å². The van der Waals surface area contributed by atoms with Crippen molar-refractivity contribution in [3.63, 3.8) is 0 Å². The second-order valence-corrected chi connectivity index (χ2v) is 6.53. The van der Waals surface area contributed by atoms with Crippen LogP contribution in [-0.4, -0.2) is 37.4 Å². The highest BCUT2D eigenvalue weighted by atomic mass is 32.2. The second kappa shape index (κ2) is 6.56. The van der Waals surface area contributed by atoms with Gasteiger partial charge in [-0.15, -0.1) is 0 Å². The number of methoxy groups -OCH3 is 1. The van der Waals surface area contributed by atoms with Gasteiger partial charge in [0.25, 0.3) is 0 Å². The normalized spacial score (nSPS) is 14.2. The Hall–Kier alpha value is -1.56. The molecule has 0 aliphatic rings. The van der Waals surface area contributed by atoms with Crippen LogP contribution in [0, 0.1) is 0 Å². The first kappa shape index (κ1) is 15.5. The number of ether oxygens (including phenoxy) is 1. The predicted molar refractivity (Wildman–Crippen MR) is 74.9 cm³/mol. The molecule has 0 spiro atoms. The minimum absolute atomic E-state index is 0.0146. The van der Waals surface area contributed by atoms with Gasteiger partial charge in [-0.1, -0.05) is 19.0 Å². The number of hydrogen-bond donors (Lipinski definition) is 1. The van der Waals surface area contributed by atoms with Gasteiger partial charge in [0.1, 0.15) is 16.7 Å². The average Bonchev–Trinajstić information content (AvgIpc) is 2.44. The summed E-state index contributed by atoms with van der Waals surface area (Å²) in [6, 6.07) is 6.76. The van der Waals surface area contributed by atoms with E-state index in [2.05, 4.69) is 5.16 Å². The van der Waals surface area contributed by atoms with E-state index in [0.29, 0.717) is 17.7 Å². The Bertz CT molecular complexity index is 534. The molecule has 19 heavy (non-hydrogen) atoms. The van der Waals surface area contributed by atoms with Crippen molar-refractivity contribution in [3.8, 4) is 5.75 Å². The molecule has 0 bridgehead atoms. The van der Waals surface area contributed by atoms with E-state index in [4.69, 9.17) is 9.94 Å². The molecule has 5 nitrogen and oxygen atoms in total. The van der Waals surface area contributed by atoms with Crippen LogP contribution >= 0.6 is 0 Å². The molecule has 1 N–H and O–H groups in total. The Balaban J connectivity index is 3.19. The Morgan fingerprint density at radius 2 is 1.89 bits per heavy atom. The predicted octanol–water partition coefficient (Wildman–Crippen LogP) is 2.09. The molecular formula is C13H19NO4S. The zero-order valence-electron chi connectivity index (χ0n) is 11.3. The Labute approximate surface area is 113 Å². The lowest BCUT2D eigenvalue weighted by molar-refractivity contribution is 0.318. The summed E-state index contributed by atoms with van der Waals surface area (Å²) in [5.41, 5.74) is 0.749. The molecule has 1 unspecified atom stereocenters. The average molecular weight is 285 g/mol. The Morgan fingerprint density at radius 1 is 1.32 bits per heavy atom. The van der Waals surface area contributed by atoms with Gasteiger partial charge in [-0.05, 0) is 30.7 Å². The highest BCUT2D eigenvalue weighted by Gasteiger charge is 2.28. The summed E-state index contributed by atoms with van der Waals surface area (Å²) in [6.45, 7) is 3.34. The highest BCUT2D eigenvalue weighted by molar-refractivity contribution is 7.92. The summed E-state index contributed by atoms with van der Waals surface area (Å²) in [5, 5.41) is 11.6. The fraction of sp³-hybridized carbons (Fsp3) is 0.462. The lowest BCUT2D eigenvalue weighted by atomic mass is 10.1. The minimum Gasteiger partial charge on any atom is -0.497 e. The molecule has 1 rings (SSSR count). The molecule has 0 aliphatic heterocycles. The molecule has 106 valence electrons. The molecule has 1 aromatic rings. The van der Waals surface area contributed by atoms with Crippen molar-refractivity contribution in [3.05, 3.63) is 29.8 Å². The molecule has 0 radical (unpaired) electrons. The molecule has 0 fully saturated rings. The third-order valence-corrected chi connectivity index (χ3v) is 5.23. The van der Waals surface area contributed by atoms with Crippen molar-refractivity contribution in [1.82, 2.24) is 0 Å². The second-order valence-electron chi connectivity index (χ2n) is 4.06. The number of hydrogen-bond acceptors (Lipinski definition) is 5. The van der Waals surface area contributed by atoms with Crippen LogP contribution in [0.2, 0.25) is 0 Å². The van der Waals surface area contributed by atoms with Crippen molar-refractivity contribution >= 4 is 15.5 Å². The van der Waals surface area contributed by atoms with Crippen LogP contribution in [0.5, 0.6) is 5.75 Å². The topological polar surface area (TPSA) is 76.0 Å². The number of sulfone groups is 1. The maximum atomic E-state index is 12.0. The van der Waals surface area contributed by atoms with Crippen molar-refractivity contribution in [2.24, 2.45) is 5.16 Å². The molecule has 1 atom stereocenters. The van der Waals surface area contributed by atoms with Gasteiger partial charge in [-0.25, -0.2) is 8.42 Å². The van der Waals surface area contributed by atoms with Gasteiger partial charge in [0.05, 0.1) is 7.11 Å². The quantitative estimate of drug-likeness (QED) is 0.493. The Kier molecular flexibility index (Phi) is 5.35. The highest BCUT2D eigenvalue weighted by Crippen LogP contribution is 2.18. The van der Waals surface area contributed by atoms with Crippen LogP contribution in [0.3, 0.4) is 0 Å². The van der Waals surface area contributed by atoms with Crippen LogP contribution in [0.25, 0.3) is 0 Å². The first-order valence-corrected chi connectivity index (χ1v) is 7.79. The summed E-state index contributed by atoms with van der Waals surface area (Å²) < 4.78 is 29.1. The number of benzene rings is 1. The first-order chi connectivity index (χ1) is 9.00. The molecule has 6 heteroatoms. The van der Waals surface area contributed by atoms with Crippen LogP contribution in [-0.2, 0) is 9.84 Å². The van der Waals surface area contributed by atoms with E-state index in [-0.39, 0.29) is 11.5 Å². The molecule has 0 heterocycles. The summed E-state index contributed by atoms with van der Waals surface area (Å²) in [6.07, 6.45) is 0.363. The van der Waals surface area contributed by atoms with Gasteiger partial charge in [0.2, 0.25) is 0 Å². The monoisotopic (exact) mass is 285 g/mol. The van der Waals surface area contributed by atoms with E-state index in [1.54, 1.807) is 45.2 Å². The van der Waals surface area contributed by atoms with Crippen LogP contribution < -0.4 is 4.74 Å². The van der Waals surface area contributed by atoms with Gasteiger partial charge in [0.15, 0.2) is 9.84 Å². The number of rotatable bonds is 6. The van der Waals surface area contributed by atoms with E-state index in [0.717, 1.165) is 0 Å². The van der Waals surface area contributed by atoms with E-state index in [1.165, 1.54) is 0 Å². The summed E-state index contributed by atoms with van der Waals surface area (Å²) in [5.74, 6) is 0.674. The standard InChI is InChI=1S/C13H19NO4S/c1-4-12(19(16,17)5-2)13(14-15)10-6-8-11(18-3)9-7-10/h6-9,12,15H,4-5H2,1-3H3/b14-13+. The number of nitrogens with zero attached hydrogens (tertiary/aromatic N) is 1. The van der Waals surface area contributed by atoms with E-state index in [9.17, 15) is 8.42 Å². The maximum absolute atomic E-state index is 12.0. The van der Waals surface area contributed by atoms with Gasteiger partial charge in [0, 0.05) is 11.3 Å². The minimum atomic E-state index is -3.31. The summed E-state index contributed by atoms with van der Waals surface area (Å²) in [4.78, 5) is 0. The van der Waals surface area contributed by atoms with E-state index in [1.807, 2.05) is 0 Å². The Morgan fingerprint density at radius 3 is 2.26 bits per heavy atom. The summed E-state index contributed by atoms with van der Waals surface area (Å²) in [7, 11) is -1.76. The third kappa shape index (κ3) is 3.47. The fourth-order valence-corrected chi connectivity index (χ4v) is 3.32. The SMILES string of the molecule is CCC(/C(=N/O)c1ccc(OC)cc1)S(=O)(=O)CC. The largest absolute Gasteiger partial charge is 0.497 e. The molecule has 1 aromatic carbocycles. The first-order valence-electron chi connectivity index (χ1n) is 6.08. The van der Waals surface area contributed by atoms with Gasteiger partial charge < -0.3 is 9.94 Å². The van der Waals surface area contributed by atoms with Crippen LogP contribution in [0.1, 0.15) is 25.8 Å². The number of oxime groups is 1. The summed E-state index contributed by atoms with van der Waals surface area (Å²) >= 11 is 0. The lowest BCUT2D eigenvalue weighted by Crippen LogP contribution is -2.31. The van der Waals surface area contributed by atoms with Crippen LogP contribution in [0.4, 0.5) is 0 Å². The van der Waals surface area contributed by atoms with Crippen molar-refractivity contribution in [2.45, 2.75) is 25.5 Å². The molecule has 0 aliphatic carbocycles. The van der Waals surface area contributed by atoms with Gasteiger partial charge in [-0.2, -0.15) is 0 Å². The van der Waals surface area contributed by atoms with Crippen molar-refractivity contribution in [2.75, 3.05) is 12.9 Å². The zero-order valence-corrected chi connectivity index (χ0v) is 12.1. The van der Waals surface area contributed by atoms with E-state index < -0.39 is 15.1 Å². The lowest BCUT2D eigenvalue weighted by Gasteiger charge is -2.16.